The maximum atomic E-state index is 12.2. The summed E-state index contributed by atoms with van der Waals surface area (Å²) >= 11 is 0. The van der Waals surface area contributed by atoms with Gasteiger partial charge in [0, 0.05) is 5.56 Å². The molecule has 1 aromatic carbocycles. The molecule has 0 aliphatic carbocycles. The molecule has 2 rings (SSSR count). The van der Waals surface area contributed by atoms with Crippen LogP contribution < -0.4 is 10.1 Å². The Kier molecular flexibility index (Phi) is 3.53. The fraction of sp³-hybridized carbons (Fsp3) is 0.364. The van der Waals surface area contributed by atoms with E-state index < -0.39 is 12.7 Å². The van der Waals surface area contributed by atoms with Gasteiger partial charge in [-0.05, 0) is 6.07 Å². The maximum Gasteiger partial charge on any atom is 0.387 e. The van der Waals surface area contributed by atoms with Gasteiger partial charge in [-0.15, -0.1) is 0 Å². The Bertz CT molecular complexity index is 411. The minimum atomic E-state index is -2.89. The number of para-hydroxylation sites is 1. The molecule has 0 unspecified atom stereocenters. The minimum absolute atomic E-state index is 0.00558. The highest BCUT2D eigenvalue weighted by Crippen LogP contribution is 2.27. The van der Waals surface area contributed by atoms with Crippen molar-refractivity contribution in [3.05, 3.63) is 29.8 Å². The second-order valence-corrected chi connectivity index (χ2v) is 3.55. The summed E-state index contributed by atoms with van der Waals surface area (Å²) < 4.78 is 33.9. The van der Waals surface area contributed by atoms with Crippen LogP contribution in [0, 0.1) is 0 Å². The van der Waals surface area contributed by atoms with Gasteiger partial charge in [0.25, 0.3) is 0 Å². The molecule has 1 aliphatic heterocycles. The summed E-state index contributed by atoms with van der Waals surface area (Å²) in [6.45, 7) is -2.65. The van der Waals surface area contributed by atoms with E-state index in [0.717, 1.165) is 0 Å². The zero-order chi connectivity index (χ0) is 12.3. The van der Waals surface area contributed by atoms with Crippen LogP contribution in [0.5, 0.6) is 5.75 Å². The zero-order valence-electron chi connectivity index (χ0n) is 8.86. The molecule has 0 aromatic heterocycles. The van der Waals surface area contributed by atoms with Crippen LogP contribution in [0.25, 0.3) is 0 Å². The lowest BCUT2D eigenvalue weighted by atomic mass is 10.1. The first-order valence-electron chi connectivity index (χ1n) is 5.07. The number of rotatable bonds is 3. The van der Waals surface area contributed by atoms with Gasteiger partial charge in [0.15, 0.2) is 0 Å². The normalized spacial score (nSPS) is 20.2. The van der Waals surface area contributed by atoms with Gasteiger partial charge in [-0.2, -0.15) is 8.78 Å². The van der Waals surface area contributed by atoms with Crippen LogP contribution in [-0.2, 0) is 9.53 Å². The van der Waals surface area contributed by atoms with E-state index in [1.807, 2.05) is 0 Å². The third-order valence-corrected chi connectivity index (χ3v) is 2.36. The third kappa shape index (κ3) is 2.91. The average Bonchev–Trinajstić information content (AvgIpc) is 2.29. The molecule has 1 amide bonds. The Hall–Kier alpha value is -1.69. The van der Waals surface area contributed by atoms with Crippen molar-refractivity contribution in [3.8, 4) is 5.75 Å². The highest BCUT2D eigenvalue weighted by atomic mass is 19.3. The number of alkyl halides is 2. The number of benzene rings is 1. The second kappa shape index (κ2) is 5.09. The SMILES string of the molecule is O=C1COC[C@@H](c2ccccc2OC(F)F)N1. The first-order chi connectivity index (χ1) is 8.16. The highest BCUT2D eigenvalue weighted by Gasteiger charge is 2.23. The standard InChI is InChI=1S/C11H11F2NO3/c12-11(13)17-9-4-2-1-3-7(9)8-5-16-6-10(15)14-8/h1-4,8,11H,5-6H2,(H,14,15)/t8-/m0/s1. The van der Waals surface area contributed by atoms with Crippen molar-refractivity contribution in [1.29, 1.82) is 0 Å². The monoisotopic (exact) mass is 243 g/mol. The number of hydrogen-bond donors (Lipinski definition) is 1. The molecule has 0 saturated carbocycles. The largest absolute Gasteiger partial charge is 0.434 e. The molecule has 4 nitrogen and oxygen atoms in total. The smallest absolute Gasteiger partial charge is 0.387 e. The van der Waals surface area contributed by atoms with Crippen molar-refractivity contribution in [1.82, 2.24) is 5.32 Å². The molecule has 1 saturated heterocycles. The van der Waals surface area contributed by atoms with E-state index in [9.17, 15) is 13.6 Å². The van der Waals surface area contributed by atoms with Crippen LogP contribution in [-0.4, -0.2) is 25.7 Å². The predicted molar refractivity (Wildman–Crippen MR) is 54.8 cm³/mol. The Morgan fingerprint density at radius 3 is 2.88 bits per heavy atom. The number of morpholine rings is 1. The maximum absolute atomic E-state index is 12.2. The van der Waals surface area contributed by atoms with Crippen LogP contribution >= 0.6 is 0 Å². The first-order valence-corrected chi connectivity index (χ1v) is 5.07. The molecular formula is C11H11F2NO3. The molecule has 17 heavy (non-hydrogen) atoms. The second-order valence-electron chi connectivity index (χ2n) is 3.55. The van der Waals surface area contributed by atoms with E-state index in [2.05, 4.69) is 10.1 Å². The highest BCUT2D eigenvalue weighted by molar-refractivity contribution is 5.78. The fourth-order valence-corrected chi connectivity index (χ4v) is 1.69. The van der Waals surface area contributed by atoms with Crippen molar-refractivity contribution < 1.29 is 23.0 Å². The Morgan fingerprint density at radius 2 is 2.18 bits per heavy atom. The van der Waals surface area contributed by atoms with E-state index >= 15 is 0 Å². The van der Waals surface area contributed by atoms with Crippen molar-refractivity contribution >= 4 is 5.91 Å². The quantitative estimate of drug-likeness (QED) is 0.874. The van der Waals surface area contributed by atoms with Gasteiger partial charge in [0.2, 0.25) is 5.91 Å². The van der Waals surface area contributed by atoms with Gasteiger partial charge in [-0.3, -0.25) is 4.79 Å². The summed E-state index contributed by atoms with van der Waals surface area (Å²) in [6, 6.07) is 5.88. The van der Waals surface area contributed by atoms with Gasteiger partial charge in [-0.25, -0.2) is 0 Å². The van der Waals surface area contributed by atoms with Crippen molar-refractivity contribution in [2.24, 2.45) is 0 Å². The molecule has 1 aromatic rings. The molecule has 92 valence electrons. The van der Waals surface area contributed by atoms with Crippen molar-refractivity contribution in [2.45, 2.75) is 12.7 Å². The Labute approximate surface area is 96.5 Å². The molecule has 1 heterocycles. The minimum Gasteiger partial charge on any atom is -0.434 e. The number of ether oxygens (including phenoxy) is 2. The predicted octanol–water partition coefficient (Wildman–Crippen LogP) is 1.48. The van der Waals surface area contributed by atoms with Crippen LogP contribution in [0.2, 0.25) is 0 Å². The number of hydrogen-bond acceptors (Lipinski definition) is 3. The van der Waals surface area contributed by atoms with Gasteiger partial charge >= 0.3 is 6.61 Å². The van der Waals surface area contributed by atoms with Crippen molar-refractivity contribution in [2.75, 3.05) is 13.2 Å². The summed E-state index contributed by atoms with van der Waals surface area (Å²) in [5.41, 5.74) is 0.487. The summed E-state index contributed by atoms with van der Waals surface area (Å²) in [5.74, 6) is -0.216. The topological polar surface area (TPSA) is 47.6 Å². The van der Waals surface area contributed by atoms with Gasteiger partial charge in [-0.1, -0.05) is 18.2 Å². The lowest BCUT2D eigenvalue weighted by Gasteiger charge is -2.25. The third-order valence-electron chi connectivity index (χ3n) is 2.36. The van der Waals surface area contributed by atoms with Gasteiger partial charge in [0.1, 0.15) is 12.4 Å². The molecule has 1 aliphatic rings. The lowest BCUT2D eigenvalue weighted by Crippen LogP contribution is -2.39. The molecule has 1 fully saturated rings. The summed E-state index contributed by atoms with van der Waals surface area (Å²) in [6.07, 6.45) is 0. The van der Waals surface area contributed by atoms with E-state index in [0.29, 0.717) is 5.56 Å². The lowest BCUT2D eigenvalue weighted by molar-refractivity contribution is -0.131. The zero-order valence-corrected chi connectivity index (χ0v) is 8.86. The van der Waals surface area contributed by atoms with Gasteiger partial charge in [0.05, 0.1) is 12.6 Å². The number of nitrogens with one attached hydrogen (secondary N) is 1. The fourth-order valence-electron chi connectivity index (χ4n) is 1.69. The van der Waals surface area contributed by atoms with Gasteiger partial charge < -0.3 is 14.8 Å². The number of carbonyl (C=O) groups excluding carboxylic acids is 1. The van der Waals surface area contributed by atoms with E-state index in [1.54, 1.807) is 18.2 Å². The average molecular weight is 243 g/mol. The molecule has 6 heteroatoms. The van der Waals surface area contributed by atoms with E-state index in [-0.39, 0.29) is 24.9 Å². The molecule has 0 spiro atoms. The molecule has 0 radical (unpaired) electrons. The summed E-state index contributed by atoms with van der Waals surface area (Å²) in [4.78, 5) is 11.2. The summed E-state index contributed by atoms with van der Waals surface area (Å²) in [7, 11) is 0. The van der Waals surface area contributed by atoms with Crippen LogP contribution in [0.1, 0.15) is 11.6 Å². The first kappa shape index (κ1) is 11.8. The van der Waals surface area contributed by atoms with Crippen molar-refractivity contribution in [3.63, 3.8) is 0 Å². The Balaban J connectivity index is 2.21. The molecule has 1 N–H and O–H groups in total. The summed E-state index contributed by atoms with van der Waals surface area (Å²) in [5, 5.41) is 2.66. The number of amides is 1. The number of carbonyl (C=O) groups is 1. The van der Waals surface area contributed by atoms with E-state index in [4.69, 9.17) is 4.74 Å². The number of halogens is 2. The Morgan fingerprint density at radius 1 is 1.41 bits per heavy atom. The van der Waals surface area contributed by atoms with Crippen LogP contribution in [0.4, 0.5) is 8.78 Å². The molecule has 0 bridgehead atoms. The van der Waals surface area contributed by atoms with Crippen LogP contribution in [0.3, 0.4) is 0 Å². The van der Waals surface area contributed by atoms with E-state index in [1.165, 1.54) is 6.07 Å². The molecular weight excluding hydrogens is 232 g/mol. The molecule has 1 atom stereocenters. The van der Waals surface area contributed by atoms with Crippen LogP contribution in [0.15, 0.2) is 24.3 Å².